The lowest BCUT2D eigenvalue weighted by Crippen LogP contribution is -1.95. The summed E-state index contributed by atoms with van der Waals surface area (Å²) in [6.45, 7) is -0.391. The average molecular weight is 363 g/mol. The fourth-order valence-electron chi connectivity index (χ4n) is 3.03. The van der Waals surface area contributed by atoms with Crippen molar-refractivity contribution in [2.45, 2.75) is 6.61 Å². The van der Waals surface area contributed by atoms with Gasteiger partial charge in [-0.25, -0.2) is 9.37 Å². The number of halogens is 1. The Morgan fingerprint density at radius 1 is 1.04 bits per heavy atom. The maximum absolute atomic E-state index is 13.9. The second kappa shape index (κ2) is 6.62. The molecule has 0 aliphatic carbocycles. The third kappa shape index (κ3) is 3.04. The highest BCUT2D eigenvalue weighted by molar-refractivity contribution is 5.70. The lowest BCUT2D eigenvalue weighted by molar-refractivity contribution is -0.384. The van der Waals surface area contributed by atoms with Gasteiger partial charge in [-0.15, -0.1) is 0 Å². The average Bonchev–Trinajstić information content (AvgIpc) is 3.11. The van der Waals surface area contributed by atoms with Crippen LogP contribution in [0.5, 0.6) is 0 Å². The van der Waals surface area contributed by atoms with Gasteiger partial charge in [0.2, 0.25) is 0 Å². The molecule has 0 aliphatic heterocycles. The van der Waals surface area contributed by atoms with Gasteiger partial charge in [0.05, 0.1) is 17.2 Å². The summed E-state index contributed by atoms with van der Waals surface area (Å²) < 4.78 is 15.7. The number of pyridine rings is 1. The van der Waals surface area contributed by atoms with Crippen LogP contribution in [0.1, 0.15) is 5.56 Å². The predicted molar refractivity (Wildman–Crippen MR) is 98.6 cm³/mol. The van der Waals surface area contributed by atoms with Gasteiger partial charge >= 0.3 is 0 Å². The molecule has 0 amide bonds. The van der Waals surface area contributed by atoms with Gasteiger partial charge in [0.15, 0.2) is 0 Å². The quantitative estimate of drug-likeness (QED) is 0.435. The lowest BCUT2D eigenvalue weighted by Gasteiger charge is -2.09. The van der Waals surface area contributed by atoms with Crippen LogP contribution in [-0.4, -0.2) is 19.4 Å². The molecule has 2 aromatic carbocycles. The molecule has 134 valence electrons. The molecule has 2 aromatic heterocycles. The first-order valence-corrected chi connectivity index (χ1v) is 8.19. The summed E-state index contributed by atoms with van der Waals surface area (Å²) in [4.78, 5) is 14.9. The second-order valence-corrected chi connectivity index (χ2v) is 6.04. The van der Waals surface area contributed by atoms with E-state index >= 15 is 0 Å². The molecule has 27 heavy (non-hydrogen) atoms. The van der Waals surface area contributed by atoms with Crippen molar-refractivity contribution < 1.29 is 14.4 Å². The molecule has 0 fully saturated rings. The number of aliphatic hydroxyl groups is 1. The first kappa shape index (κ1) is 16.9. The molecular formula is C20H14FN3O3. The number of benzene rings is 2. The van der Waals surface area contributed by atoms with E-state index in [4.69, 9.17) is 0 Å². The topological polar surface area (TPSA) is 80.7 Å². The SMILES string of the molecule is O=[N+]([O-])c1ccc(-c2cn3cc(-c4cccc(F)c4CO)ccc3n2)cc1. The van der Waals surface area contributed by atoms with Crippen molar-refractivity contribution in [1.82, 2.24) is 9.38 Å². The molecule has 4 rings (SSSR count). The van der Waals surface area contributed by atoms with Crippen LogP contribution in [0.2, 0.25) is 0 Å². The molecule has 1 N–H and O–H groups in total. The minimum absolute atomic E-state index is 0.0208. The molecule has 0 aliphatic rings. The van der Waals surface area contributed by atoms with Crippen LogP contribution in [0.3, 0.4) is 0 Å². The number of aliphatic hydroxyl groups excluding tert-OH is 1. The Labute approximate surface area is 153 Å². The van der Waals surface area contributed by atoms with Crippen LogP contribution in [-0.2, 0) is 6.61 Å². The second-order valence-electron chi connectivity index (χ2n) is 6.04. The molecule has 0 saturated heterocycles. The van der Waals surface area contributed by atoms with Crippen molar-refractivity contribution in [3.63, 3.8) is 0 Å². The van der Waals surface area contributed by atoms with E-state index in [1.54, 1.807) is 40.9 Å². The van der Waals surface area contributed by atoms with Gasteiger partial charge in [-0.05, 0) is 41.5 Å². The Morgan fingerprint density at radius 2 is 1.78 bits per heavy atom. The molecule has 7 heteroatoms. The van der Waals surface area contributed by atoms with Crippen molar-refractivity contribution in [3.05, 3.63) is 88.5 Å². The third-order valence-electron chi connectivity index (χ3n) is 4.41. The number of rotatable bonds is 4. The number of nitro groups is 1. The maximum atomic E-state index is 13.9. The molecule has 6 nitrogen and oxygen atoms in total. The molecular weight excluding hydrogens is 349 g/mol. The minimum Gasteiger partial charge on any atom is -0.392 e. The van der Waals surface area contributed by atoms with Crippen molar-refractivity contribution in [1.29, 1.82) is 0 Å². The van der Waals surface area contributed by atoms with Crippen molar-refractivity contribution in [2.24, 2.45) is 0 Å². The zero-order valence-corrected chi connectivity index (χ0v) is 14.0. The van der Waals surface area contributed by atoms with E-state index in [1.807, 2.05) is 12.3 Å². The predicted octanol–water partition coefficient (Wildman–Crippen LogP) is 4.21. The van der Waals surface area contributed by atoms with E-state index in [1.165, 1.54) is 18.2 Å². The molecule has 0 saturated carbocycles. The Balaban J connectivity index is 1.76. The summed E-state index contributed by atoms with van der Waals surface area (Å²) in [7, 11) is 0. The first-order chi connectivity index (χ1) is 13.1. The zero-order chi connectivity index (χ0) is 19.0. The largest absolute Gasteiger partial charge is 0.392 e. The van der Waals surface area contributed by atoms with Crippen LogP contribution >= 0.6 is 0 Å². The van der Waals surface area contributed by atoms with Gasteiger partial charge in [-0.2, -0.15) is 0 Å². The van der Waals surface area contributed by atoms with Gasteiger partial charge in [0, 0.05) is 35.7 Å². The molecule has 0 spiro atoms. The van der Waals surface area contributed by atoms with Crippen molar-refractivity contribution in [3.8, 4) is 22.4 Å². The van der Waals surface area contributed by atoms with Crippen LogP contribution in [0.15, 0.2) is 67.0 Å². The maximum Gasteiger partial charge on any atom is 0.269 e. The molecule has 4 aromatic rings. The molecule has 0 unspecified atom stereocenters. The lowest BCUT2D eigenvalue weighted by atomic mass is 10.0. The van der Waals surface area contributed by atoms with Crippen LogP contribution < -0.4 is 0 Å². The van der Waals surface area contributed by atoms with Crippen molar-refractivity contribution in [2.75, 3.05) is 0 Å². The molecule has 0 atom stereocenters. The van der Waals surface area contributed by atoms with E-state index in [9.17, 15) is 19.6 Å². The number of hydrogen-bond donors (Lipinski definition) is 1. The van der Waals surface area contributed by atoms with Gasteiger partial charge in [0.1, 0.15) is 11.5 Å². The van der Waals surface area contributed by atoms with E-state index in [0.717, 1.165) is 11.1 Å². The van der Waals surface area contributed by atoms with Gasteiger partial charge in [-0.1, -0.05) is 12.1 Å². The first-order valence-electron chi connectivity index (χ1n) is 8.19. The monoisotopic (exact) mass is 363 g/mol. The van der Waals surface area contributed by atoms with Crippen LogP contribution in [0, 0.1) is 15.9 Å². The van der Waals surface area contributed by atoms with E-state index in [0.29, 0.717) is 16.9 Å². The number of aromatic nitrogens is 2. The summed E-state index contributed by atoms with van der Waals surface area (Å²) in [6.07, 6.45) is 3.61. The smallest absolute Gasteiger partial charge is 0.269 e. The van der Waals surface area contributed by atoms with E-state index < -0.39 is 17.3 Å². The number of imidazole rings is 1. The van der Waals surface area contributed by atoms with E-state index in [2.05, 4.69) is 4.98 Å². The normalized spacial score (nSPS) is 11.0. The van der Waals surface area contributed by atoms with Gasteiger partial charge < -0.3 is 9.51 Å². The number of non-ortho nitro benzene ring substituents is 1. The summed E-state index contributed by atoms with van der Waals surface area (Å²) in [5, 5.41) is 20.3. The Morgan fingerprint density at radius 3 is 2.48 bits per heavy atom. The number of nitro benzene ring substituents is 1. The van der Waals surface area contributed by atoms with Crippen LogP contribution in [0.25, 0.3) is 28.0 Å². The fourth-order valence-corrected chi connectivity index (χ4v) is 3.03. The summed E-state index contributed by atoms with van der Waals surface area (Å²) >= 11 is 0. The molecule has 0 radical (unpaired) electrons. The Bertz CT molecular complexity index is 1150. The summed E-state index contributed by atoms with van der Waals surface area (Å²) in [6, 6.07) is 14.5. The molecule has 0 bridgehead atoms. The Hall–Kier alpha value is -3.58. The van der Waals surface area contributed by atoms with Gasteiger partial charge in [0.25, 0.3) is 5.69 Å². The van der Waals surface area contributed by atoms with Crippen molar-refractivity contribution >= 4 is 11.3 Å². The number of hydrogen-bond acceptors (Lipinski definition) is 4. The third-order valence-corrected chi connectivity index (χ3v) is 4.41. The highest BCUT2D eigenvalue weighted by Gasteiger charge is 2.12. The highest BCUT2D eigenvalue weighted by atomic mass is 19.1. The number of fused-ring (bicyclic) bond motifs is 1. The minimum atomic E-state index is -0.452. The summed E-state index contributed by atoms with van der Waals surface area (Å²) in [5.74, 6) is -0.452. The Kier molecular flexibility index (Phi) is 4.13. The zero-order valence-electron chi connectivity index (χ0n) is 14.0. The molecule has 2 heterocycles. The summed E-state index contributed by atoms with van der Waals surface area (Å²) in [5.41, 5.74) is 3.74. The number of nitrogens with zero attached hydrogens (tertiary/aromatic N) is 3. The fraction of sp³-hybridized carbons (Fsp3) is 0.0500. The standard InChI is InChI=1S/C20H14FN3O3/c21-18-3-1-2-16(17(18)12-25)14-6-9-20-22-19(11-23(20)10-14)13-4-7-15(8-5-13)24(26)27/h1-11,25H,12H2. The van der Waals surface area contributed by atoms with E-state index in [-0.39, 0.29) is 11.3 Å². The van der Waals surface area contributed by atoms with Crippen LogP contribution in [0.4, 0.5) is 10.1 Å². The highest BCUT2D eigenvalue weighted by Crippen LogP contribution is 2.28. The van der Waals surface area contributed by atoms with Gasteiger partial charge in [-0.3, -0.25) is 10.1 Å².